The van der Waals surface area contributed by atoms with E-state index in [0.29, 0.717) is 12.1 Å². The SMILES string of the molecule is CC1=CC(=O)N(CCCCCCC2CC3C=CC2C3)C1=O. The van der Waals surface area contributed by atoms with E-state index in [1.165, 1.54) is 43.1 Å². The van der Waals surface area contributed by atoms with Crippen LogP contribution >= 0.6 is 0 Å². The van der Waals surface area contributed by atoms with Crippen LogP contribution in [0.5, 0.6) is 0 Å². The van der Waals surface area contributed by atoms with E-state index in [2.05, 4.69) is 12.2 Å². The van der Waals surface area contributed by atoms with Crippen molar-refractivity contribution >= 4 is 11.8 Å². The number of allylic oxidation sites excluding steroid dienone is 2. The van der Waals surface area contributed by atoms with Gasteiger partial charge >= 0.3 is 0 Å². The Morgan fingerprint density at radius 1 is 1.10 bits per heavy atom. The molecule has 3 atom stereocenters. The fraction of sp³-hybridized carbons (Fsp3) is 0.667. The van der Waals surface area contributed by atoms with Gasteiger partial charge in [0.15, 0.2) is 0 Å². The van der Waals surface area contributed by atoms with Gasteiger partial charge in [-0.2, -0.15) is 0 Å². The molecule has 3 nitrogen and oxygen atoms in total. The molecule has 1 saturated carbocycles. The van der Waals surface area contributed by atoms with Crippen molar-refractivity contribution in [3.63, 3.8) is 0 Å². The summed E-state index contributed by atoms with van der Waals surface area (Å²) < 4.78 is 0. The number of nitrogens with zero attached hydrogens (tertiary/aromatic N) is 1. The van der Waals surface area contributed by atoms with Gasteiger partial charge < -0.3 is 0 Å². The van der Waals surface area contributed by atoms with Crippen LogP contribution in [-0.4, -0.2) is 23.3 Å². The predicted molar refractivity (Wildman–Crippen MR) is 82.4 cm³/mol. The summed E-state index contributed by atoms with van der Waals surface area (Å²) in [6.45, 7) is 2.30. The molecule has 3 rings (SSSR count). The molecule has 1 heterocycles. The number of carbonyl (C=O) groups is 2. The third-order valence-corrected chi connectivity index (χ3v) is 5.31. The maximum absolute atomic E-state index is 11.7. The lowest BCUT2D eigenvalue weighted by Crippen LogP contribution is -2.31. The molecule has 3 heteroatoms. The molecule has 1 fully saturated rings. The standard InChI is InChI=1S/C18H25NO2/c1-13-10-17(20)19(18(13)21)9-5-3-2-4-6-15-11-14-7-8-16(15)12-14/h7-8,10,14-16H,2-6,9,11-12H2,1H3. The Morgan fingerprint density at radius 2 is 1.90 bits per heavy atom. The molecule has 3 unspecified atom stereocenters. The van der Waals surface area contributed by atoms with Crippen molar-refractivity contribution < 1.29 is 9.59 Å². The molecule has 0 radical (unpaired) electrons. The maximum Gasteiger partial charge on any atom is 0.256 e. The fourth-order valence-electron chi connectivity index (χ4n) is 4.11. The molecular weight excluding hydrogens is 262 g/mol. The Morgan fingerprint density at radius 3 is 2.52 bits per heavy atom. The van der Waals surface area contributed by atoms with Gasteiger partial charge in [0.1, 0.15) is 0 Å². The first kappa shape index (κ1) is 14.6. The Balaban J connectivity index is 1.27. The Labute approximate surface area is 127 Å². The summed E-state index contributed by atoms with van der Waals surface area (Å²) in [5.41, 5.74) is 0.573. The van der Waals surface area contributed by atoms with Crippen molar-refractivity contribution in [2.24, 2.45) is 17.8 Å². The topological polar surface area (TPSA) is 37.4 Å². The summed E-state index contributed by atoms with van der Waals surface area (Å²) in [7, 11) is 0. The van der Waals surface area contributed by atoms with Gasteiger partial charge in [-0.1, -0.05) is 31.4 Å². The zero-order valence-electron chi connectivity index (χ0n) is 12.9. The lowest BCUT2D eigenvalue weighted by atomic mass is 9.88. The zero-order chi connectivity index (χ0) is 14.8. The number of rotatable bonds is 7. The fourth-order valence-corrected chi connectivity index (χ4v) is 4.11. The average molecular weight is 287 g/mol. The molecule has 2 bridgehead atoms. The van der Waals surface area contributed by atoms with Gasteiger partial charge in [0.2, 0.25) is 0 Å². The van der Waals surface area contributed by atoms with Crippen molar-refractivity contribution in [1.82, 2.24) is 4.90 Å². The molecule has 21 heavy (non-hydrogen) atoms. The molecule has 2 amide bonds. The number of unbranched alkanes of at least 4 members (excludes halogenated alkanes) is 3. The molecule has 0 aromatic rings. The van der Waals surface area contributed by atoms with E-state index in [0.717, 1.165) is 30.6 Å². The Hall–Kier alpha value is -1.38. The van der Waals surface area contributed by atoms with E-state index in [1.54, 1.807) is 6.92 Å². The van der Waals surface area contributed by atoms with Crippen LogP contribution < -0.4 is 0 Å². The van der Waals surface area contributed by atoms with Crippen molar-refractivity contribution in [1.29, 1.82) is 0 Å². The first-order chi connectivity index (χ1) is 10.1. The molecule has 2 aliphatic carbocycles. The summed E-state index contributed by atoms with van der Waals surface area (Å²) in [5.74, 6) is 2.43. The molecule has 0 spiro atoms. The van der Waals surface area contributed by atoms with Crippen LogP contribution in [0.4, 0.5) is 0 Å². The van der Waals surface area contributed by atoms with Crippen LogP contribution in [0.25, 0.3) is 0 Å². The molecule has 0 aromatic heterocycles. The minimum Gasteiger partial charge on any atom is -0.275 e. The van der Waals surface area contributed by atoms with Crippen LogP contribution in [-0.2, 0) is 9.59 Å². The van der Waals surface area contributed by atoms with Crippen LogP contribution in [0.1, 0.15) is 51.9 Å². The van der Waals surface area contributed by atoms with E-state index in [9.17, 15) is 9.59 Å². The van der Waals surface area contributed by atoms with E-state index in [1.807, 2.05) is 0 Å². The number of amides is 2. The first-order valence-electron chi connectivity index (χ1n) is 8.37. The quantitative estimate of drug-likeness (QED) is 0.408. The van der Waals surface area contributed by atoms with Crippen molar-refractivity contribution in [2.45, 2.75) is 51.9 Å². The van der Waals surface area contributed by atoms with Gasteiger partial charge in [-0.25, -0.2) is 0 Å². The minimum absolute atomic E-state index is 0.103. The molecule has 0 saturated heterocycles. The minimum atomic E-state index is -0.133. The lowest BCUT2D eigenvalue weighted by molar-refractivity contribution is -0.137. The molecular formula is C18H25NO2. The van der Waals surface area contributed by atoms with Crippen LogP contribution in [0.2, 0.25) is 0 Å². The van der Waals surface area contributed by atoms with Crippen LogP contribution in [0, 0.1) is 17.8 Å². The monoisotopic (exact) mass is 287 g/mol. The smallest absolute Gasteiger partial charge is 0.256 e. The number of carbonyl (C=O) groups excluding carboxylic acids is 2. The van der Waals surface area contributed by atoms with E-state index < -0.39 is 0 Å². The van der Waals surface area contributed by atoms with Gasteiger partial charge in [-0.05, 0) is 50.4 Å². The highest BCUT2D eigenvalue weighted by Crippen LogP contribution is 2.45. The Kier molecular flexibility index (Phi) is 4.27. The molecule has 1 aliphatic heterocycles. The van der Waals surface area contributed by atoms with Gasteiger partial charge in [0, 0.05) is 18.2 Å². The summed E-state index contributed by atoms with van der Waals surface area (Å²) >= 11 is 0. The highest BCUT2D eigenvalue weighted by molar-refractivity contribution is 6.15. The van der Waals surface area contributed by atoms with Gasteiger partial charge in [0.25, 0.3) is 11.8 Å². The second-order valence-electron chi connectivity index (χ2n) is 6.87. The summed E-state index contributed by atoms with van der Waals surface area (Å²) in [6, 6.07) is 0. The Bertz CT molecular complexity index is 491. The molecule has 0 N–H and O–H groups in total. The number of hydrogen-bond donors (Lipinski definition) is 0. The normalized spacial score (nSPS) is 30.6. The van der Waals surface area contributed by atoms with Gasteiger partial charge in [-0.15, -0.1) is 0 Å². The highest BCUT2D eigenvalue weighted by atomic mass is 16.2. The zero-order valence-corrected chi connectivity index (χ0v) is 12.9. The first-order valence-corrected chi connectivity index (χ1v) is 8.37. The van der Waals surface area contributed by atoms with E-state index >= 15 is 0 Å². The summed E-state index contributed by atoms with van der Waals surface area (Å²) in [6.07, 6.45) is 15.0. The van der Waals surface area contributed by atoms with Crippen molar-refractivity contribution in [3.8, 4) is 0 Å². The maximum atomic E-state index is 11.7. The van der Waals surface area contributed by atoms with E-state index in [-0.39, 0.29) is 11.8 Å². The summed E-state index contributed by atoms with van der Waals surface area (Å²) in [4.78, 5) is 24.7. The number of fused-ring (bicyclic) bond motifs is 2. The summed E-state index contributed by atoms with van der Waals surface area (Å²) in [5, 5.41) is 0. The van der Waals surface area contributed by atoms with Crippen molar-refractivity contribution in [2.75, 3.05) is 6.54 Å². The van der Waals surface area contributed by atoms with Gasteiger partial charge in [0.05, 0.1) is 0 Å². The predicted octanol–water partition coefficient (Wildman–Crippen LogP) is 3.46. The second kappa shape index (κ2) is 6.17. The average Bonchev–Trinajstić information content (AvgIpc) is 3.13. The highest BCUT2D eigenvalue weighted by Gasteiger charge is 2.34. The van der Waals surface area contributed by atoms with Crippen molar-refractivity contribution in [3.05, 3.63) is 23.8 Å². The molecule has 114 valence electrons. The molecule has 3 aliphatic rings. The van der Waals surface area contributed by atoms with E-state index in [4.69, 9.17) is 0 Å². The third kappa shape index (κ3) is 3.12. The van der Waals surface area contributed by atoms with Crippen LogP contribution in [0.3, 0.4) is 0 Å². The number of imide groups is 1. The third-order valence-electron chi connectivity index (χ3n) is 5.31. The van der Waals surface area contributed by atoms with Crippen LogP contribution in [0.15, 0.2) is 23.8 Å². The largest absolute Gasteiger partial charge is 0.275 e. The molecule has 0 aromatic carbocycles. The number of hydrogen-bond acceptors (Lipinski definition) is 2. The lowest BCUT2D eigenvalue weighted by Gasteiger charge is -2.18. The second-order valence-corrected chi connectivity index (χ2v) is 6.87. The van der Waals surface area contributed by atoms with Gasteiger partial charge in [-0.3, -0.25) is 14.5 Å².